The molecule has 0 radical (unpaired) electrons. The van der Waals surface area contributed by atoms with Gasteiger partial charge in [-0.2, -0.15) is 5.26 Å². The van der Waals surface area contributed by atoms with Crippen LogP contribution in [-0.4, -0.2) is 53.4 Å². The molecule has 0 unspecified atom stereocenters. The molecule has 0 saturated carbocycles. The Hall–Kier alpha value is -4.39. The van der Waals surface area contributed by atoms with Crippen molar-refractivity contribution in [2.24, 2.45) is 5.41 Å². The highest BCUT2D eigenvalue weighted by Crippen LogP contribution is 2.46. The van der Waals surface area contributed by atoms with Gasteiger partial charge in [-0.1, -0.05) is 69.3 Å². The van der Waals surface area contributed by atoms with Crippen LogP contribution in [0.15, 0.2) is 54.6 Å². The zero-order chi connectivity index (χ0) is 29.8. The second-order valence-electron chi connectivity index (χ2n) is 12.1. The van der Waals surface area contributed by atoms with Gasteiger partial charge in [-0.3, -0.25) is 14.4 Å². The topological polar surface area (TPSA) is 141 Å². The summed E-state index contributed by atoms with van der Waals surface area (Å²) in [6.45, 7) is 7.71. The van der Waals surface area contributed by atoms with Crippen LogP contribution in [0.2, 0.25) is 0 Å². The van der Waals surface area contributed by atoms with Gasteiger partial charge >= 0.3 is 6.09 Å². The third-order valence-corrected chi connectivity index (χ3v) is 7.43. The van der Waals surface area contributed by atoms with Gasteiger partial charge in [0, 0.05) is 31.1 Å². The predicted octanol–water partition coefficient (Wildman–Crippen LogP) is 3.63. The number of para-hydroxylation sites is 1. The number of hydrogen-bond donors (Lipinski definition) is 3. The van der Waals surface area contributed by atoms with Crippen molar-refractivity contribution in [3.05, 3.63) is 65.7 Å². The Kier molecular flexibility index (Phi) is 8.66. The summed E-state index contributed by atoms with van der Waals surface area (Å²) < 4.78 is 5.23. The molecular formula is C31H37N5O5. The molecule has 0 aromatic heterocycles. The number of benzene rings is 2. The number of nitrogens with one attached hydrogen (secondary N) is 3. The fraction of sp³-hybridized carbons (Fsp3) is 0.452. The number of anilines is 1. The van der Waals surface area contributed by atoms with Crippen molar-refractivity contribution in [3.63, 3.8) is 0 Å². The average Bonchev–Trinajstić information content (AvgIpc) is 3.44. The molecule has 1 spiro atoms. The zero-order valence-corrected chi connectivity index (χ0v) is 23.9. The van der Waals surface area contributed by atoms with Crippen LogP contribution >= 0.6 is 0 Å². The van der Waals surface area contributed by atoms with Gasteiger partial charge < -0.3 is 25.6 Å². The Bertz CT molecular complexity index is 1350. The summed E-state index contributed by atoms with van der Waals surface area (Å²) in [5, 5.41) is 18.3. The molecule has 2 aliphatic heterocycles. The third-order valence-electron chi connectivity index (χ3n) is 7.43. The molecule has 41 heavy (non-hydrogen) atoms. The Morgan fingerprint density at radius 1 is 1.12 bits per heavy atom. The predicted molar refractivity (Wildman–Crippen MR) is 152 cm³/mol. The summed E-state index contributed by atoms with van der Waals surface area (Å²) in [6, 6.07) is 16.5. The molecule has 2 aromatic rings. The highest BCUT2D eigenvalue weighted by molar-refractivity contribution is 6.07. The molecule has 2 aliphatic rings. The summed E-state index contributed by atoms with van der Waals surface area (Å²) in [5.74, 6) is -1.06. The van der Waals surface area contributed by atoms with Gasteiger partial charge in [0.25, 0.3) is 0 Å². The van der Waals surface area contributed by atoms with Crippen molar-refractivity contribution in [1.29, 1.82) is 5.26 Å². The second-order valence-corrected chi connectivity index (χ2v) is 12.1. The van der Waals surface area contributed by atoms with Crippen molar-refractivity contribution >= 4 is 29.5 Å². The van der Waals surface area contributed by atoms with E-state index >= 15 is 0 Å². The molecule has 1 fully saturated rings. The van der Waals surface area contributed by atoms with E-state index in [1.54, 1.807) is 6.92 Å². The number of nitrogens with zero attached hydrogens (tertiary/aromatic N) is 2. The van der Waals surface area contributed by atoms with Gasteiger partial charge in [-0.25, -0.2) is 4.79 Å². The summed E-state index contributed by atoms with van der Waals surface area (Å²) in [7, 11) is 0. The first kappa shape index (κ1) is 29.6. The first-order chi connectivity index (χ1) is 19.4. The van der Waals surface area contributed by atoms with Crippen molar-refractivity contribution in [2.45, 2.75) is 77.1 Å². The molecule has 0 aliphatic carbocycles. The van der Waals surface area contributed by atoms with Crippen molar-refractivity contribution < 1.29 is 23.9 Å². The summed E-state index contributed by atoms with van der Waals surface area (Å²) in [6.07, 6.45) is -0.218. The van der Waals surface area contributed by atoms with E-state index in [2.05, 4.69) is 22.0 Å². The van der Waals surface area contributed by atoms with Gasteiger partial charge in [-0.15, -0.1) is 0 Å². The van der Waals surface area contributed by atoms with E-state index in [1.807, 2.05) is 75.4 Å². The lowest BCUT2D eigenvalue weighted by atomic mass is 9.80. The van der Waals surface area contributed by atoms with E-state index in [0.717, 1.165) is 11.1 Å². The minimum absolute atomic E-state index is 0.0502. The van der Waals surface area contributed by atoms with Gasteiger partial charge in [0.05, 0.1) is 11.5 Å². The number of ether oxygens (including phenoxy) is 1. The number of likely N-dealkylation sites (tertiary alicyclic amines) is 1. The van der Waals surface area contributed by atoms with Crippen LogP contribution in [0.25, 0.3) is 0 Å². The van der Waals surface area contributed by atoms with Crippen LogP contribution in [0, 0.1) is 16.7 Å². The van der Waals surface area contributed by atoms with Crippen LogP contribution in [0.3, 0.4) is 0 Å². The molecule has 1 saturated heterocycles. The number of amides is 4. The SMILES string of the molecule is C[C@@H](CC(=O)N[C@@H](CC(C)(C)C)C(=O)N1C[C@]2(C[C@H]1C#N)C(=O)Nc1ccccc12)NC(=O)OCc1ccccc1. The number of alkyl carbamates (subject to hydrolysis) is 1. The van der Waals surface area contributed by atoms with E-state index in [9.17, 15) is 24.4 Å². The van der Waals surface area contributed by atoms with E-state index in [0.29, 0.717) is 12.1 Å². The molecule has 2 aromatic carbocycles. The molecule has 4 amide bonds. The fourth-order valence-corrected chi connectivity index (χ4v) is 5.55. The number of rotatable bonds is 8. The standard InChI is InChI=1S/C31H37N5O5/c1-20(33-29(40)41-18-21-10-6-5-7-11-21)14-26(37)34-25(16-30(2,3)4)27(38)36-19-31(15-22(36)17-32)23-12-8-9-13-24(23)35-28(31)39/h5-13,20,22,25H,14-16,18-19H2,1-4H3,(H,33,40)(H,34,37)(H,35,39)/t20-,22-,25-,31-/m0/s1. The number of carbonyl (C=O) groups excluding carboxylic acids is 4. The lowest BCUT2D eigenvalue weighted by Gasteiger charge is -2.31. The zero-order valence-electron chi connectivity index (χ0n) is 23.9. The molecule has 4 rings (SSSR count). The molecule has 0 bridgehead atoms. The molecule has 2 heterocycles. The Labute approximate surface area is 240 Å². The minimum atomic E-state index is -1.01. The largest absolute Gasteiger partial charge is 0.445 e. The highest BCUT2D eigenvalue weighted by Gasteiger charge is 2.56. The first-order valence-electron chi connectivity index (χ1n) is 13.8. The van der Waals surface area contributed by atoms with Crippen LogP contribution < -0.4 is 16.0 Å². The number of carbonyl (C=O) groups is 4. The van der Waals surface area contributed by atoms with E-state index in [4.69, 9.17) is 4.74 Å². The van der Waals surface area contributed by atoms with Gasteiger partial charge in [0.1, 0.15) is 18.7 Å². The number of nitriles is 1. The molecule has 4 atom stereocenters. The quantitative estimate of drug-likeness (QED) is 0.451. The summed E-state index contributed by atoms with van der Waals surface area (Å²) in [4.78, 5) is 53.7. The monoisotopic (exact) mass is 559 g/mol. The Balaban J connectivity index is 1.41. The van der Waals surface area contributed by atoms with Crippen molar-refractivity contribution in [3.8, 4) is 6.07 Å². The van der Waals surface area contributed by atoms with E-state index in [1.165, 1.54) is 4.90 Å². The van der Waals surface area contributed by atoms with E-state index < -0.39 is 41.4 Å². The second kappa shape index (κ2) is 12.0. The molecule has 10 nitrogen and oxygen atoms in total. The molecule has 10 heteroatoms. The fourth-order valence-electron chi connectivity index (χ4n) is 5.55. The van der Waals surface area contributed by atoms with Crippen molar-refractivity contribution in [2.75, 3.05) is 11.9 Å². The Morgan fingerprint density at radius 2 is 1.80 bits per heavy atom. The maximum Gasteiger partial charge on any atom is 0.407 e. The smallest absolute Gasteiger partial charge is 0.407 e. The van der Waals surface area contributed by atoms with Gasteiger partial charge in [0.15, 0.2) is 0 Å². The Morgan fingerprint density at radius 3 is 2.49 bits per heavy atom. The van der Waals surface area contributed by atoms with Crippen LogP contribution in [0.5, 0.6) is 0 Å². The third kappa shape index (κ3) is 6.85. The minimum Gasteiger partial charge on any atom is -0.445 e. The normalized spacial score (nSPS) is 20.9. The maximum atomic E-state index is 13.9. The molecule has 216 valence electrons. The highest BCUT2D eigenvalue weighted by atomic mass is 16.5. The summed E-state index contributed by atoms with van der Waals surface area (Å²) in [5.41, 5.74) is 0.967. The maximum absolute atomic E-state index is 13.9. The van der Waals surface area contributed by atoms with Gasteiger partial charge in [0.2, 0.25) is 17.7 Å². The van der Waals surface area contributed by atoms with Crippen LogP contribution in [-0.2, 0) is 31.1 Å². The van der Waals surface area contributed by atoms with Gasteiger partial charge in [-0.05, 0) is 36.0 Å². The number of hydrogen-bond acceptors (Lipinski definition) is 6. The lowest BCUT2D eigenvalue weighted by Crippen LogP contribution is -2.52. The molecular weight excluding hydrogens is 522 g/mol. The van der Waals surface area contributed by atoms with Crippen LogP contribution in [0.1, 0.15) is 58.1 Å². The lowest BCUT2D eigenvalue weighted by molar-refractivity contribution is -0.137. The summed E-state index contributed by atoms with van der Waals surface area (Å²) >= 11 is 0. The van der Waals surface area contributed by atoms with E-state index in [-0.39, 0.29) is 37.3 Å². The first-order valence-corrected chi connectivity index (χ1v) is 13.8. The molecule has 3 N–H and O–H groups in total. The van der Waals surface area contributed by atoms with Crippen molar-refractivity contribution in [1.82, 2.24) is 15.5 Å². The number of fused-ring (bicyclic) bond motifs is 2. The van der Waals surface area contributed by atoms with Crippen LogP contribution in [0.4, 0.5) is 10.5 Å². The average molecular weight is 560 g/mol.